The van der Waals surface area contributed by atoms with Gasteiger partial charge in [0.05, 0.1) is 0 Å². The van der Waals surface area contributed by atoms with E-state index in [1.54, 1.807) is 4.57 Å². The first kappa shape index (κ1) is 13.7. The highest BCUT2D eigenvalue weighted by Gasteiger charge is 2.50. The van der Waals surface area contributed by atoms with Gasteiger partial charge in [-0.05, 0) is 62.7 Å². The third kappa shape index (κ3) is 2.04. The van der Waals surface area contributed by atoms with E-state index < -0.39 is 10.0 Å². The number of hydrogen-bond donors (Lipinski definition) is 1. The number of hydrogen-bond acceptors (Lipinski definition) is 4. The van der Waals surface area contributed by atoms with Gasteiger partial charge in [0.2, 0.25) is 0 Å². The monoisotopic (exact) mass is 310 g/mol. The van der Waals surface area contributed by atoms with Crippen LogP contribution in [0.1, 0.15) is 50.8 Å². The SMILES string of the molecule is CCn1c(C2C3CC4CC(C3)CC2C4)nnc1S(N)(=O)=O. The summed E-state index contributed by atoms with van der Waals surface area (Å²) in [5, 5.41) is 13.3. The molecule has 4 aliphatic rings. The topological polar surface area (TPSA) is 90.9 Å². The van der Waals surface area contributed by atoms with Gasteiger partial charge >= 0.3 is 0 Å². The predicted molar refractivity (Wildman–Crippen MR) is 76.9 cm³/mol. The Morgan fingerprint density at radius 3 is 2.14 bits per heavy atom. The summed E-state index contributed by atoms with van der Waals surface area (Å²) in [6, 6.07) is 0. The predicted octanol–water partition coefficient (Wildman–Crippen LogP) is 1.49. The van der Waals surface area contributed by atoms with E-state index in [4.69, 9.17) is 5.14 Å². The van der Waals surface area contributed by atoms with Crippen LogP contribution in [-0.2, 0) is 16.6 Å². The highest BCUT2D eigenvalue weighted by Crippen LogP contribution is 2.59. The Kier molecular flexibility index (Phi) is 2.95. The Labute approximate surface area is 125 Å². The highest BCUT2D eigenvalue weighted by molar-refractivity contribution is 7.89. The molecule has 1 heterocycles. The third-order valence-electron chi connectivity index (χ3n) is 5.84. The average molecular weight is 310 g/mol. The summed E-state index contributed by atoms with van der Waals surface area (Å²) >= 11 is 0. The van der Waals surface area contributed by atoms with Crippen LogP contribution in [0.15, 0.2) is 5.16 Å². The molecule has 5 rings (SSSR count). The van der Waals surface area contributed by atoms with Crippen molar-refractivity contribution in [3.8, 4) is 0 Å². The second kappa shape index (κ2) is 4.52. The molecule has 0 spiro atoms. The second-order valence-electron chi connectivity index (χ2n) is 7.09. The first-order valence-electron chi connectivity index (χ1n) is 7.93. The van der Waals surface area contributed by atoms with Gasteiger partial charge in [0.25, 0.3) is 15.2 Å². The lowest BCUT2D eigenvalue weighted by atomic mass is 9.51. The average Bonchev–Trinajstić information content (AvgIpc) is 2.81. The largest absolute Gasteiger partial charge is 0.301 e. The van der Waals surface area contributed by atoms with Crippen molar-refractivity contribution in [2.45, 2.75) is 56.6 Å². The van der Waals surface area contributed by atoms with E-state index >= 15 is 0 Å². The zero-order chi connectivity index (χ0) is 14.8. The normalized spacial score (nSPS) is 38.1. The van der Waals surface area contributed by atoms with Crippen molar-refractivity contribution >= 4 is 10.0 Å². The number of sulfonamides is 1. The molecule has 4 saturated carbocycles. The van der Waals surface area contributed by atoms with E-state index in [9.17, 15) is 8.42 Å². The molecule has 1 aromatic heterocycles. The van der Waals surface area contributed by atoms with Gasteiger partial charge in [-0.1, -0.05) is 0 Å². The summed E-state index contributed by atoms with van der Waals surface area (Å²) < 4.78 is 25.1. The number of rotatable bonds is 3. The first-order chi connectivity index (χ1) is 9.97. The van der Waals surface area contributed by atoms with E-state index in [1.807, 2.05) is 6.92 Å². The molecule has 0 unspecified atom stereocenters. The molecule has 7 heteroatoms. The maximum absolute atomic E-state index is 11.7. The third-order valence-corrected chi connectivity index (χ3v) is 6.65. The molecule has 0 atom stereocenters. The summed E-state index contributed by atoms with van der Waals surface area (Å²) in [6.07, 6.45) is 6.51. The van der Waals surface area contributed by atoms with Gasteiger partial charge in [-0.25, -0.2) is 13.6 Å². The van der Waals surface area contributed by atoms with E-state index in [0.29, 0.717) is 24.3 Å². The van der Waals surface area contributed by atoms with Gasteiger partial charge in [0.1, 0.15) is 5.82 Å². The molecule has 0 aliphatic heterocycles. The van der Waals surface area contributed by atoms with Crippen LogP contribution < -0.4 is 5.14 Å². The Morgan fingerprint density at radius 2 is 1.67 bits per heavy atom. The second-order valence-corrected chi connectivity index (χ2v) is 8.54. The lowest BCUT2D eigenvalue weighted by Gasteiger charge is -2.54. The maximum Gasteiger partial charge on any atom is 0.273 e. The molecule has 4 aliphatic carbocycles. The summed E-state index contributed by atoms with van der Waals surface area (Å²) in [5.41, 5.74) is 0. The Hall–Kier alpha value is -0.950. The van der Waals surface area contributed by atoms with Gasteiger partial charge in [0, 0.05) is 12.5 Å². The van der Waals surface area contributed by atoms with Gasteiger partial charge in [-0.15, -0.1) is 10.2 Å². The summed E-state index contributed by atoms with van der Waals surface area (Å²) in [6.45, 7) is 2.48. The van der Waals surface area contributed by atoms with Crippen LogP contribution in [0.25, 0.3) is 0 Å². The van der Waals surface area contributed by atoms with Crippen LogP contribution in [0.2, 0.25) is 0 Å². The Balaban J connectivity index is 1.76. The van der Waals surface area contributed by atoms with Gasteiger partial charge in [-0.2, -0.15) is 0 Å². The van der Waals surface area contributed by atoms with Crippen molar-refractivity contribution in [1.29, 1.82) is 0 Å². The van der Waals surface area contributed by atoms with E-state index in [1.165, 1.54) is 32.1 Å². The summed E-state index contributed by atoms with van der Waals surface area (Å²) in [5.74, 6) is 4.32. The molecule has 1 aromatic rings. The molecule has 2 N–H and O–H groups in total. The molecule has 4 bridgehead atoms. The minimum atomic E-state index is -3.80. The van der Waals surface area contributed by atoms with Crippen molar-refractivity contribution in [1.82, 2.24) is 14.8 Å². The summed E-state index contributed by atoms with van der Waals surface area (Å²) in [4.78, 5) is 0. The minimum absolute atomic E-state index is 0.0752. The van der Waals surface area contributed by atoms with Gasteiger partial charge in [-0.3, -0.25) is 0 Å². The number of nitrogens with two attached hydrogens (primary N) is 1. The van der Waals surface area contributed by atoms with Crippen LogP contribution in [-0.4, -0.2) is 23.2 Å². The van der Waals surface area contributed by atoms with Gasteiger partial charge < -0.3 is 4.57 Å². The summed E-state index contributed by atoms with van der Waals surface area (Å²) in [7, 11) is -3.80. The number of primary sulfonamides is 1. The lowest BCUT2D eigenvalue weighted by molar-refractivity contribution is -0.00699. The molecule has 4 fully saturated rings. The van der Waals surface area contributed by atoms with E-state index in [2.05, 4.69) is 10.2 Å². The van der Waals surface area contributed by atoms with Crippen LogP contribution in [0.4, 0.5) is 0 Å². The van der Waals surface area contributed by atoms with Crippen LogP contribution in [0, 0.1) is 23.7 Å². The van der Waals surface area contributed by atoms with E-state index in [-0.39, 0.29) is 5.16 Å². The molecule has 0 aromatic carbocycles. The highest BCUT2D eigenvalue weighted by atomic mass is 32.2. The molecule has 0 amide bonds. The minimum Gasteiger partial charge on any atom is -0.301 e. The first-order valence-corrected chi connectivity index (χ1v) is 9.48. The van der Waals surface area contributed by atoms with Crippen LogP contribution >= 0.6 is 0 Å². The van der Waals surface area contributed by atoms with Crippen LogP contribution in [0.5, 0.6) is 0 Å². The van der Waals surface area contributed by atoms with Gasteiger partial charge in [0.15, 0.2) is 0 Å². The Bertz CT molecular complexity index is 639. The molecule has 6 nitrogen and oxygen atoms in total. The molecule has 21 heavy (non-hydrogen) atoms. The number of aromatic nitrogens is 3. The van der Waals surface area contributed by atoms with Crippen LogP contribution in [0.3, 0.4) is 0 Å². The van der Waals surface area contributed by atoms with Crippen molar-refractivity contribution < 1.29 is 8.42 Å². The fourth-order valence-electron chi connectivity index (χ4n) is 5.40. The molecule has 0 saturated heterocycles. The molecule has 0 radical (unpaired) electrons. The zero-order valence-electron chi connectivity index (χ0n) is 12.3. The Morgan fingerprint density at radius 1 is 1.10 bits per heavy atom. The fourth-order valence-corrected chi connectivity index (χ4v) is 6.09. The van der Waals surface area contributed by atoms with Crippen molar-refractivity contribution in [3.63, 3.8) is 0 Å². The standard InChI is InChI=1S/C14H22N4O2S/c1-2-18-13(16-17-14(18)21(15,19)20)12-10-4-8-3-9(6-10)7-11(12)5-8/h8-12H,2-7H2,1H3,(H2,15,19,20). The lowest BCUT2D eigenvalue weighted by Crippen LogP contribution is -2.44. The quantitative estimate of drug-likeness (QED) is 0.915. The number of nitrogens with zero attached hydrogens (tertiary/aromatic N) is 3. The molecule has 116 valence electrons. The maximum atomic E-state index is 11.7. The van der Waals surface area contributed by atoms with Crippen molar-refractivity contribution in [3.05, 3.63) is 5.82 Å². The molecular weight excluding hydrogens is 288 g/mol. The van der Waals surface area contributed by atoms with Crippen molar-refractivity contribution in [2.75, 3.05) is 0 Å². The smallest absolute Gasteiger partial charge is 0.273 e. The fraction of sp³-hybridized carbons (Fsp3) is 0.857. The van der Waals surface area contributed by atoms with E-state index in [0.717, 1.165) is 17.7 Å². The zero-order valence-corrected chi connectivity index (χ0v) is 13.1. The molecular formula is C14H22N4O2S. The van der Waals surface area contributed by atoms with Crippen molar-refractivity contribution in [2.24, 2.45) is 28.8 Å².